The first-order valence-electron chi connectivity index (χ1n) is 7.55. The number of rotatable bonds is 4. The van der Waals surface area contributed by atoms with Crippen LogP contribution in [0.3, 0.4) is 0 Å². The highest BCUT2D eigenvalue weighted by atomic mass is 35.5. The van der Waals surface area contributed by atoms with Crippen molar-refractivity contribution in [2.45, 2.75) is 26.3 Å². The molecule has 0 bridgehead atoms. The normalized spacial score (nSPS) is 17.7. The molecule has 1 N–H and O–H groups in total. The number of aliphatic hydroxyl groups excluding tert-OH is 1. The number of hydrogen-bond acceptors (Lipinski definition) is 4. The van der Waals surface area contributed by atoms with Crippen molar-refractivity contribution in [3.8, 4) is 0 Å². The van der Waals surface area contributed by atoms with Gasteiger partial charge in [-0.05, 0) is 36.8 Å². The second-order valence-corrected chi connectivity index (χ2v) is 5.97. The molecule has 0 spiro atoms. The van der Waals surface area contributed by atoms with Crippen molar-refractivity contribution in [3.63, 3.8) is 0 Å². The SMILES string of the molecule is CCC(=O)C1=C(O)C(=O)N(c2ccc(C)c(Cl)c2)C1c1ccco1. The van der Waals surface area contributed by atoms with E-state index in [2.05, 4.69) is 0 Å². The van der Waals surface area contributed by atoms with E-state index in [1.165, 1.54) is 11.2 Å². The fourth-order valence-corrected chi connectivity index (χ4v) is 2.97. The predicted octanol–water partition coefficient (Wildman–Crippen LogP) is 4.12. The monoisotopic (exact) mass is 345 g/mol. The second kappa shape index (κ2) is 6.17. The molecule has 5 nitrogen and oxygen atoms in total. The third-order valence-electron chi connectivity index (χ3n) is 4.08. The summed E-state index contributed by atoms with van der Waals surface area (Å²) in [5.41, 5.74) is 1.40. The first-order chi connectivity index (χ1) is 11.5. The van der Waals surface area contributed by atoms with Crippen LogP contribution in [0.2, 0.25) is 5.02 Å². The fourth-order valence-electron chi connectivity index (χ4n) is 2.79. The Morgan fingerprint density at radius 2 is 2.12 bits per heavy atom. The summed E-state index contributed by atoms with van der Waals surface area (Å²) >= 11 is 6.17. The van der Waals surface area contributed by atoms with Gasteiger partial charge in [0.05, 0.1) is 11.8 Å². The molecule has 3 rings (SSSR count). The number of carbonyl (C=O) groups is 2. The molecule has 124 valence electrons. The number of Topliss-reactive ketones (excluding diaryl/α,β-unsaturated/α-hetero) is 1. The van der Waals surface area contributed by atoms with Crippen molar-refractivity contribution in [3.05, 3.63) is 64.3 Å². The van der Waals surface area contributed by atoms with Crippen LogP contribution < -0.4 is 4.90 Å². The number of furan rings is 1. The average Bonchev–Trinajstić information content (AvgIpc) is 3.17. The van der Waals surface area contributed by atoms with Gasteiger partial charge in [-0.1, -0.05) is 24.6 Å². The molecular weight excluding hydrogens is 330 g/mol. The van der Waals surface area contributed by atoms with Crippen molar-refractivity contribution in [2.24, 2.45) is 0 Å². The van der Waals surface area contributed by atoms with Crippen LogP contribution in [-0.4, -0.2) is 16.8 Å². The van der Waals surface area contributed by atoms with E-state index in [0.717, 1.165) is 5.56 Å². The molecule has 0 saturated carbocycles. The van der Waals surface area contributed by atoms with Crippen molar-refractivity contribution in [1.29, 1.82) is 0 Å². The highest BCUT2D eigenvalue weighted by Crippen LogP contribution is 2.42. The standard InChI is InChI=1S/C18H16ClNO4/c1-3-13(21)15-16(14-5-4-8-24-14)20(18(23)17(15)22)11-7-6-10(2)12(19)9-11/h4-9,16,22H,3H2,1-2H3. The molecule has 1 aromatic heterocycles. The van der Waals surface area contributed by atoms with Gasteiger partial charge in [0.2, 0.25) is 0 Å². The van der Waals surface area contributed by atoms with E-state index >= 15 is 0 Å². The van der Waals surface area contributed by atoms with Crippen molar-refractivity contribution in [1.82, 2.24) is 0 Å². The van der Waals surface area contributed by atoms with E-state index in [4.69, 9.17) is 16.0 Å². The number of amides is 1. The number of hydrogen-bond donors (Lipinski definition) is 1. The third kappa shape index (κ3) is 2.51. The van der Waals surface area contributed by atoms with Crippen LogP contribution in [0.5, 0.6) is 0 Å². The average molecular weight is 346 g/mol. The lowest BCUT2D eigenvalue weighted by Gasteiger charge is -2.25. The quantitative estimate of drug-likeness (QED) is 0.904. The van der Waals surface area contributed by atoms with Gasteiger partial charge in [-0.2, -0.15) is 0 Å². The molecule has 1 amide bonds. The zero-order chi connectivity index (χ0) is 17.4. The number of anilines is 1. The van der Waals surface area contributed by atoms with Gasteiger partial charge in [0.25, 0.3) is 5.91 Å². The molecule has 24 heavy (non-hydrogen) atoms. The van der Waals surface area contributed by atoms with E-state index in [-0.39, 0.29) is 17.8 Å². The summed E-state index contributed by atoms with van der Waals surface area (Å²) in [5, 5.41) is 10.8. The third-order valence-corrected chi connectivity index (χ3v) is 4.48. The van der Waals surface area contributed by atoms with Gasteiger partial charge in [0, 0.05) is 17.1 Å². The summed E-state index contributed by atoms with van der Waals surface area (Å²) in [5.74, 6) is -1.09. The molecule has 0 saturated heterocycles. The highest BCUT2D eigenvalue weighted by molar-refractivity contribution is 6.31. The lowest BCUT2D eigenvalue weighted by Crippen LogP contribution is -2.30. The smallest absolute Gasteiger partial charge is 0.294 e. The van der Waals surface area contributed by atoms with E-state index in [9.17, 15) is 14.7 Å². The summed E-state index contributed by atoms with van der Waals surface area (Å²) in [6.45, 7) is 3.53. The number of halogens is 1. The summed E-state index contributed by atoms with van der Waals surface area (Å²) in [4.78, 5) is 26.3. The van der Waals surface area contributed by atoms with E-state index in [1.54, 1.807) is 37.3 Å². The molecule has 0 fully saturated rings. The number of aryl methyl sites for hydroxylation is 1. The van der Waals surface area contributed by atoms with Crippen molar-refractivity contribution >= 4 is 29.0 Å². The summed E-state index contributed by atoms with van der Waals surface area (Å²) < 4.78 is 5.42. The van der Waals surface area contributed by atoms with Crippen LogP contribution in [0.25, 0.3) is 0 Å². The molecule has 0 aliphatic carbocycles. The van der Waals surface area contributed by atoms with Gasteiger partial charge in [-0.15, -0.1) is 0 Å². The number of carbonyl (C=O) groups excluding carboxylic acids is 2. The fraction of sp³-hybridized carbons (Fsp3) is 0.222. The molecule has 1 atom stereocenters. The Balaban J connectivity index is 2.16. The number of nitrogens with zero attached hydrogens (tertiary/aromatic N) is 1. The first kappa shape index (κ1) is 16.3. The Morgan fingerprint density at radius 1 is 1.38 bits per heavy atom. The second-order valence-electron chi connectivity index (χ2n) is 5.57. The largest absolute Gasteiger partial charge is 0.503 e. The molecule has 1 unspecified atom stereocenters. The van der Waals surface area contributed by atoms with Crippen LogP contribution >= 0.6 is 11.6 Å². The first-order valence-corrected chi connectivity index (χ1v) is 7.93. The van der Waals surface area contributed by atoms with Gasteiger partial charge >= 0.3 is 0 Å². The van der Waals surface area contributed by atoms with Crippen molar-refractivity contribution in [2.75, 3.05) is 4.90 Å². The molecule has 0 radical (unpaired) electrons. The molecule has 1 aliphatic heterocycles. The Hall–Kier alpha value is -2.53. The number of benzene rings is 1. The van der Waals surface area contributed by atoms with Crippen LogP contribution in [0.4, 0.5) is 5.69 Å². The minimum Gasteiger partial charge on any atom is -0.503 e. The summed E-state index contributed by atoms with van der Waals surface area (Å²) in [6.07, 6.45) is 1.63. The van der Waals surface area contributed by atoms with Gasteiger partial charge in [-0.25, -0.2) is 0 Å². The van der Waals surface area contributed by atoms with Crippen LogP contribution in [-0.2, 0) is 9.59 Å². The van der Waals surface area contributed by atoms with Gasteiger partial charge in [0.15, 0.2) is 11.5 Å². The molecule has 1 aliphatic rings. The summed E-state index contributed by atoms with van der Waals surface area (Å²) in [6, 6.07) is 7.67. The minimum atomic E-state index is -0.807. The maximum absolute atomic E-state index is 12.6. The number of aliphatic hydroxyl groups is 1. The highest BCUT2D eigenvalue weighted by Gasteiger charge is 2.45. The Morgan fingerprint density at radius 3 is 2.71 bits per heavy atom. The molecule has 2 aromatic rings. The molecule has 1 aromatic carbocycles. The number of ketones is 1. The van der Waals surface area contributed by atoms with Crippen LogP contribution in [0.1, 0.15) is 30.7 Å². The lowest BCUT2D eigenvalue weighted by atomic mass is 9.99. The predicted molar refractivity (Wildman–Crippen MR) is 90.1 cm³/mol. The molecule has 2 heterocycles. The van der Waals surface area contributed by atoms with Gasteiger partial charge < -0.3 is 9.52 Å². The maximum Gasteiger partial charge on any atom is 0.294 e. The van der Waals surface area contributed by atoms with Crippen LogP contribution in [0, 0.1) is 6.92 Å². The molecular formula is C18H16ClNO4. The Kier molecular flexibility index (Phi) is 4.20. The maximum atomic E-state index is 12.6. The van der Waals surface area contributed by atoms with E-state index < -0.39 is 17.7 Å². The zero-order valence-corrected chi connectivity index (χ0v) is 14.0. The van der Waals surface area contributed by atoms with Crippen molar-refractivity contribution < 1.29 is 19.1 Å². The topological polar surface area (TPSA) is 70.8 Å². The van der Waals surface area contributed by atoms with E-state index in [0.29, 0.717) is 16.5 Å². The van der Waals surface area contributed by atoms with E-state index in [1.807, 2.05) is 6.92 Å². The summed E-state index contributed by atoms with van der Waals surface area (Å²) in [7, 11) is 0. The lowest BCUT2D eigenvalue weighted by molar-refractivity contribution is -0.118. The minimum absolute atomic E-state index is 0.0501. The van der Waals surface area contributed by atoms with Gasteiger partial charge in [0.1, 0.15) is 11.8 Å². The Labute approximate surface area is 144 Å². The Bertz CT molecular complexity index is 839. The van der Waals surface area contributed by atoms with Gasteiger partial charge in [-0.3, -0.25) is 14.5 Å². The van der Waals surface area contributed by atoms with Crippen LogP contribution in [0.15, 0.2) is 52.3 Å². The molecule has 6 heteroatoms. The zero-order valence-electron chi connectivity index (χ0n) is 13.2.